The monoisotopic (exact) mass is 675 g/mol. The molecule has 0 aliphatic rings. The van der Waals surface area contributed by atoms with Crippen LogP contribution in [-0.4, -0.2) is 61.8 Å². The summed E-state index contributed by atoms with van der Waals surface area (Å²) in [6, 6.07) is 27.9. The summed E-state index contributed by atoms with van der Waals surface area (Å²) >= 11 is 5.27. The minimum atomic E-state index is -0.433. The Morgan fingerprint density at radius 1 is 0.667 bits per heavy atom. The number of halogens is 1. The quantitative estimate of drug-likeness (QED) is 0.110. The van der Waals surface area contributed by atoms with Gasteiger partial charge in [-0.3, -0.25) is 9.59 Å². The van der Waals surface area contributed by atoms with Gasteiger partial charge < -0.3 is 25.4 Å². The van der Waals surface area contributed by atoms with Gasteiger partial charge in [-0.05, 0) is 105 Å². The lowest BCUT2D eigenvalue weighted by Crippen LogP contribution is -2.21. The molecule has 3 N–H and O–H groups in total. The molecule has 4 aromatic rings. The highest BCUT2D eigenvalue weighted by molar-refractivity contribution is 6.67. The number of amides is 1. The van der Waals surface area contributed by atoms with Crippen LogP contribution in [0.15, 0.2) is 97.1 Å². The lowest BCUT2D eigenvalue weighted by molar-refractivity contribution is 0.0592. The van der Waals surface area contributed by atoms with Gasteiger partial charge in [-0.1, -0.05) is 69.3 Å². The maximum atomic E-state index is 12.2. The van der Waals surface area contributed by atoms with Crippen molar-refractivity contribution in [3.63, 3.8) is 0 Å². The zero-order chi connectivity index (χ0) is 36.1. The first kappa shape index (κ1) is 41.0. The van der Waals surface area contributed by atoms with Crippen molar-refractivity contribution in [2.45, 2.75) is 34.6 Å². The van der Waals surface area contributed by atoms with E-state index in [1.54, 1.807) is 66.7 Å². The van der Waals surface area contributed by atoms with Gasteiger partial charge in [-0.25, -0.2) is 9.59 Å². The molecule has 0 unspecified atom stereocenters. The molecule has 0 aliphatic heterocycles. The molecule has 9 nitrogen and oxygen atoms in total. The summed E-state index contributed by atoms with van der Waals surface area (Å²) in [7, 11) is 2.66. The van der Waals surface area contributed by atoms with Crippen molar-refractivity contribution in [1.29, 1.82) is 0 Å². The lowest BCUT2D eigenvalue weighted by atomic mass is 10.1. The van der Waals surface area contributed by atoms with Gasteiger partial charge in [0, 0.05) is 22.5 Å². The summed E-state index contributed by atoms with van der Waals surface area (Å²) < 4.78 is 9.15. The molecule has 0 radical (unpaired) electrons. The Kier molecular flexibility index (Phi) is 19.3. The van der Waals surface area contributed by atoms with Crippen molar-refractivity contribution in [1.82, 2.24) is 4.90 Å². The number of nitrogen functional groups attached to an aromatic ring is 1. The first-order valence-corrected chi connectivity index (χ1v) is 15.8. The van der Waals surface area contributed by atoms with Crippen LogP contribution in [0.25, 0.3) is 0 Å². The highest BCUT2D eigenvalue weighted by atomic mass is 35.5. The number of hydrogen-bond donors (Lipinski definition) is 2. The minimum absolute atomic E-state index is 0.204. The second-order valence-corrected chi connectivity index (χ2v) is 10.5. The van der Waals surface area contributed by atoms with E-state index in [4.69, 9.17) is 17.3 Å². The van der Waals surface area contributed by atoms with E-state index in [2.05, 4.69) is 40.5 Å². The SMILES string of the molecule is CCN(CC)CC.COC(=O)c1cccc(N)c1.COC(=O)c1cccc(NC(=O)c2ccccc2C)c1.Cc1ccccc1C(=O)Cl. The summed E-state index contributed by atoms with van der Waals surface area (Å²) in [5, 5.41) is 2.38. The van der Waals surface area contributed by atoms with E-state index in [1.165, 1.54) is 33.9 Å². The number of rotatable bonds is 8. The summed E-state index contributed by atoms with van der Waals surface area (Å²) in [5.74, 6) is -1.00. The Labute approximate surface area is 289 Å². The molecule has 0 fully saturated rings. The second kappa shape index (κ2) is 22.5. The first-order valence-electron chi connectivity index (χ1n) is 15.4. The highest BCUT2D eigenvalue weighted by Gasteiger charge is 2.11. The van der Waals surface area contributed by atoms with Crippen LogP contribution < -0.4 is 11.1 Å². The Hall–Kier alpha value is -4.99. The van der Waals surface area contributed by atoms with Crippen molar-refractivity contribution in [2.24, 2.45) is 0 Å². The summed E-state index contributed by atoms with van der Waals surface area (Å²) in [5.41, 5.74) is 10.5. The molecular weight excluding hydrogens is 630 g/mol. The third-order valence-electron chi connectivity index (χ3n) is 6.94. The molecular formula is C38H46ClN3O6. The molecule has 4 rings (SSSR count). The van der Waals surface area contributed by atoms with Crippen molar-refractivity contribution in [3.05, 3.63) is 130 Å². The number of ether oxygens (including phenoxy) is 2. The van der Waals surface area contributed by atoms with E-state index in [1.807, 2.05) is 44.2 Å². The van der Waals surface area contributed by atoms with Gasteiger partial charge >= 0.3 is 11.9 Å². The van der Waals surface area contributed by atoms with Crippen molar-refractivity contribution in [3.8, 4) is 0 Å². The summed E-state index contributed by atoms with van der Waals surface area (Å²) in [6.45, 7) is 13.9. The molecule has 0 heterocycles. The number of hydrogen-bond acceptors (Lipinski definition) is 8. The Balaban J connectivity index is 0.000000350. The predicted octanol–water partition coefficient (Wildman–Crippen LogP) is 7.81. The number of nitrogens with one attached hydrogen (secondary N) is 1. The first-order chi connectivity index (χ1) is 22.9. The Morgan fingerprint density at radius 3 is 1.52 bits per heavy atom. The third-order valence-corrected chi connectivity index (χ3v) is 7.14. The van der Waals surface area contributed by atoms with Gasteiger partial charge in [0.15, 0.2) is 0 Å². The number of nitrogens with zero attached hydrogens (tertiary/aromatic N) is 1. The topological polar surface area (TPSA) is 128 Å². The molecule has 1 amide bonds. The van der Waals surface area contributed by atoms with Gasteiger partial charge in [0.25, 0.3) is 11.1 Å². The average molecular weight is 676 g/mol. The second-order valence-electron chi connectivity index (χ2n) is 10.2. The molecule has 0 bridgehead atoms. The third kappa shape index (κ3) is 14.6. The molecule has 48 heavy (non-hydrogen) atoms. The lowest BCUT2D eigenvalue weighted by Gasteiger charge is -2.13. The normalized spacial score (nSPS) is 9.69. The molecule has 0 aromatic heterocycles. The van der Waals surface area contributed by atoms with Crippen LogP contribution in [0.5, 0.6) is 0 Å². The van der Waals surface area contributed by atoms with Crippen LogP contribution >= 0.6 is 11.6 Å². The number of esters is 2. The summed E-state index contributed by atoms with van der Waals surface area (Å²) in [6.07, 6.45) is 0. The molecule has 10 heteroatoms. The fourth-order valence-electron chi connectivity index (χ4n) is 4.12. The van der Waals surface area contributed by atoms with Crippen LogP contribution in [0, 0.1) is 13.8 Å². The maximum Gasteiger partial charge on any atom is 0.337 e. The molecule has 0 atom stereocenters. The number of nitrogens with two attached hydrogens (primary N) is 1. The number of carbonyl (C=O) groups is 4. The number of benzene rings is 4. The zero-order valence-corrected chi connectivity index (χ0v) is 29.5. The van der Waals surface area contributed by atoms with E-state index in [-0.39, 0.29) is 11.9 Å². The molecule has 0 saturated carbocycles. The van der Waals surface area contributed by atoms with Gasteiger partial charge in [0.2, 0.25) is 0 Å². The van der Waals surface area contributed by atoms with Crippen LogP contribution in [0.1, 0.15) is 73.3 Å². The summed E-state index contributed by atoms with van der Waals surface area (Å²) in [4.78, 5) is 47.5. The smallest absolute Gasteiger partial charge is 0.337 e. The van der Waals surface area contributed by atoms with Crippen molar-refractivity contribution < 1.29 is 28.7 Å². The number of methoxy groups -OCH3 is 2. The van der Waals surface area contributed by atoms with Gasteiger partial charge in [0.05, 0.1) is 25.3 Å². The van der Waals surface area contributed by atoms with Gasteiger partial charge in [0.1, 0.15) is 0 Å². The number of carbonyl (C=O) groups excluding carboxylic acids is 4. The minimum Gasteiger partial charge on any atom is -0.465 e. The van der Waals surface area contributed by atoms with E-state index in [0.29, 0.717) is 33.6 Å². The van der Waals surface area contributed by atoms with Crippen LogP contribution in [0.4, 0.5) is 11.4 Å². The predicted molar refractivity (Wildman–Crippen MR) is 194 cm³/mol. The largest absolute Gasteiger partial charge is 0.465 e. The van der Waals surface area contributed by atoms with Gasteiger partial charge in [-0.15, -0.1) is 0 Å². The fourth-order valence-corrected chi connectivity index (χ4v) is 4.33. The standard InChI is InChI=1S/C16H15NO3.C8H7ClO.C8H9NO2.C6H15N/c1-11-6-3-4-9-14(11)15(18)17-13-8-5-7-12(10-13)16(19)20-2;1-6-4-2-3-5-7(6)8(9)10;1-11-8(10)6-3-2-4-7(9)5-6;1-4-7(5-2)6-3/h3-10H,1-2H3,(H,17,18);2-5H,1H3;2-5H,9H2,1H3;4-6H2,1-3H3. The number of anilines is 2. The number of aryl methyl sites for hydroxylation is 2. The average Bonchev–Trinajstić information content (AvgIpc) is 3.09. The molecule has 0 saturated heterocycles. The molecule has 4 aromatic carbocycles. The van der Waals surface area contributed by atoms with E-state index >= 15 is 0 Å². The van der Waals surface area contributed by atoms with Crippen LogP contribution in [0.2, 0.25) is 0 Å². The Morgan fingerprint density at radius 2 is 1.12 bits per heavy atom. The fraction of sp³-hybridized carbons (Fsp3) is 0.263. The molecule has 256 valence electrons. The van der Waals surface area contributed by atoms with E-state index in [0.717, 1.165) is 11.1 Å². The van der Waals surface area contributed by atoms with Crippen LogP contribution in [-0.2, 0) is 9.47 Å². The molecule has 0 spiro atoms. The zero-order valence-electron chi connectivity index (χ0n) is 28.7. The van der Waals surface area contributed by atoms with E-state index < -0.39 is 11.2 Å². The highest BCUT2D eigenvalue weighted by Crippen LogP contribution is 2.15. The molecule has 0 aliphatic carbocycles. The van der Waals surface area contributed by atoms with Crippen LogP contribution in [0.3, 0.4) is 0 Å². The van der Waals surface area contributed by atoms with Crippen molar-refractivity contribution in [2.75, 3.05) is 44.9 Å². The maximum absolute atomic E-state index is 12.2. The van der Waals surface area contributed by atoms with Gasteiger partial charge in [-0.2, -0.15) is 0 Å². The van der Waals surface area contributed by atoms with E-state index in [9.17, 15) is 19.2 Å². The Bertz CT molecular complexity index is 1620. The van der Waals surface area contributed by atoms with Crippen molar-refractivity contribution >= 4 is 46.1 Å².